The Labute approximate surface area is 115 Å². The summed E-state index contributed by atoms with van der Waals surface area (Å²) in [6.07, 6.45) is 1.45. The molecule has 0 unspecified atom stereocenters. The van der Waals surface area contributed by atoms with Crippen LogP contribution in [0.25, 0.3) is 11.0 Å². The molecule has 0 aliphatic carbocycles. The van der Waals surface area contributed by atoms with Crippen LogP contribution in [-0.4, -0.2) is 11.0 Å². The fraction of sp³-hybridized carbons (Fsp3) is 0.0625. The lowest BCUT2D eigenvalue weighted by Crippen LogP contribution is -2.12. The maximum absolute atomic E-state index is 12.3. The molecule has 0 aliphatic heterocycles. The normalized spacial score (nSPS) is 10.7. The van der Waals surface area contributed by atoms with Crippen LogP contribution in [0.15, 0.2) is 53.1 Å². The lowest BCUT2D eigenvalue weighted by Gasteiger charge is -2.07. The molecular weight excluding hydrogens is 254 g/mol. The Bertz CT molecular complexity index is 789. The van der Waals surface area contributed by atoms with Crippen molar-refractivity contribution < 1.29 is 14.3 Å². The van der Waals surface area contributed by atoms with Crippen LogP contribution in [0.1, 0.15) is 15.9 Å². The number of carbonyl (C=O) groups is 1. The summed E-state index contributed by atoms with van der Waals surface area (Å²) in [7, 11) is 0. The molecule has 0 saturated carbocycles. The van der Waals surface area contributed by atoms with E-state index < -0.39 is 0 Å². The van der Waals surface area contributed by atoms with Crippen molar-refractivity contribution in [3.63, 3.8) is 0 Å². The van der Waals surface area contributed by atoms with E-state index in [4.69, 9.17) is 4.42 Å². The van der Waals surface area contributed by atoms with Gasteiger partial charge in [0, 0.05) is 11.1 Å². The molecule has 1 aromatic heterocycles. The third-order valence-electron chi connectivity index (χ3n) is 3.18. The van der Waals surface area contributed by atoms with Gasteiger partial charge in [0.05, 0.1) is 5.56 Å². The van der Waals surface area contributed by atoms with Crippen LogP contribution < -0.4 is 5.32 Å². The summed E-state index contributed by atoms with van der Waals surface area (Å²) < 4.78 is 5.36. The first-order chi connectivity index (χ1) is 9.65. The second kappa shape index (κ2) is 4.74. The third-order valence-corrected chi connectivity index (χ3v) is 3.18. The standard InChI is InChI=1S/C16H13NO3/c1-10-8-11(18)6-7-14(10)17-16(19)13-9-20-15-5-3-2-4-12(13)15/h2-9,18H,1H3,(H,17,19). The number of phenols is 1. The van der Waals surface area contributed by atoms with Crippen LogP contribution in [0.2, 0.25) is 0 Å². The van der Waals surface area contributed by atoms with E-state index in [0.717, 1.165) is 10.9 Å². The smallest absolute Gasteiger partial charge is 0.259 e. The fourth-order valence-electron chi connectivity index (χ4n) is 2.13. The minimum absolute atomic E-state index is 0.175. The number of furan rings is 1. The third kappa shape index (κ3) is 2.12. The van der Waals surface area contributed by atoms with Crippen LogP contribution in [-0.2, 0) is 0 Å². The molecule has 1 heterocycles. The Kier molecular flexibility index (Phi) is 2.91. The Hall–Kier alpha value is -2.75. The van der Waals surface area contributed by atoms with E-state index in [0.29, 0.717) is 16.8 Å². The van der Waals surface area contributed by atoms with Gasteiger partial charge in [0.15, 0.2) is 0 Å². The molecule has 3 rings (SSSR count). The average Bonchev–Trinajstić information content (AvgIpc) is 2.86. The Morgan fingerprint density at radius 1 is 1.20 bits per heavy atom. The molecule has 0 bridgehead atoms. The van der Waals surface area contributed by atoms with E-state index in [1.165, 1.54) is 12.3 Å². The van der Waals surface area contributed by atoms with Crippen LogP contribution in [0.5, 0.6) is 5.75 Å². The molecule has 4 heteroatoms. The maximum Gasteiger partial charge on any atom is 0.259 e. The number of hydrogen-bond acceptors (Lipinski definition) is 3. The van der Waals surface area contributed by atoms with Crippen molar-refractivity contribution in [3.05, 3.63) is 59.9 Å². The second-order valence-corrected chi connectivity index (χ2v) is 4.60. The number of phenolic OH excluding ortho intramolecular Hbond substituents is 1. The summed E-state index contributed by atoms with van der Waals surface area (Å²) in [5, 5.41) is 13.0. The maximum atomic E-state index is 12.3. The predicted molar refractivity (Wildman–Crippen MR) is 77.0 cm³/mol. The van der Waals surface area contributed by atoms with Crippen LogP contribution in [0.3, 0.4) is 0 Å². The zero-order valence-electron chi connectivity index (χ0n) is 10.9. The predicted octanol–water partition coefficient (Wildman–Crippen LogP) is 3.70. The van der Waals surface area contributed by atoms with Gasteiger partial charge in [-0.05, 0) is 36.8 Å². The number of carbonyl (C=O) groups excluding carboxylic acids is 1. The molecule has 3 aromatic rings. The molecule has 0 aliphatic rings. The number of hydrogen-bond donors (Lipinski definition) is 2. The van der Waals surface area contributed by atoms with Gasteiger partial charge in [0.2, 0.25) is 0 Å². The van der Waals surface area contributed by atoms with Crippen LogP contribution in [0.4, 0.5) is 5.69 Å². The molecule has 0 spiro atoms. The van der Waals surface area contributed by atoms with E-state index in [-0.39, 0.29) is 11.7 Å². The van der Waals surface area contributed by atoms with E-state index in [9.17, 15) is 9.90 Å². The minimum Gasteiger partial charge on any atom is -0.508 e. The van der Waals surface area contributed by atoms with Crippen molar-refractivity contribution in [1.82, 2.24) is 0 Å². The molecule has 0 saturated heterocycles. The van der Waals surface area contributed by atoms with Gasteiger partial charge in [0.25, 0.3) is 5.91 Å². The molecule has 1 amide bonds. The summed E-state index contributed by atoms with van der Waals surface area (Å²) >= 11 is 0. The molecule has 0 fully saturated rings. The Morgan fingerprint density at radius 3 is 2.80 bits per heavy atom. The second-order valence-electron chi connectivity index (χ2n) is 4.60. The Morgan fingerprint density at radius 2 is 2.00 bits per heavy atom. The van der Waals surface area contributed by atoms with Gasteiger partial charge in [0.1, 0.15) is 17.6 Å². The largest absolute Gasteiger partial charge is 0.508 e. The number of anilines is 1. The van der Waals surface area contributed by atoms with Gasteiger partial charge in [-0.2, -0.15) is 0 Å². The molecule has 0 atom stereocenters. The van der Waals surface area contributed by atoms with Crippen molar-refractivity contribution in [2.24, 2.45) is 0 Å². The monoisotopic (exact) mass is 267 g/mol. The quantitative estimate of drug-likeness (QED) is 0.696. The number of fused-ring (bicyclic) bond motifs is 1. The summed E-state index contributed by atoms with van der Waals surface area (Å²) in [6.45, 7) is 1.82. The first-order valence-corrected chi connectivity index (χ1v) is 6.22. The van der Waals surface area contributed by atoms with E-state index in [1.54, 1.807) is 12.1 Å². The highest BCUT2D eigenvalue weighted by Crippen LogP contribution is 2.24. The number of aryl methyl sites for hydroxylation is 1. The lowest BCUT2D eigenvalue weighted by atomic mass is 10.1. The highest BCUT2D eigenvalue weighted by Gasteiger charge is 2.14. The minimum atomic E-state index is -0.233. The number of aromatic hydroxyl groups is 1. The van der Waals surface area contributed by atoms with Crippen molar-refractivity contribution in [3.8, 4) is 5.75 Å². The van der Waals surface area contributed by atoms with Gasteiger partial charge in [-0.15, -0.1) is 0 Å². The SMILES string of the molecule is Cc1cc(O)ccc1NC(=O)c1coc2ccccc12. The lowest BCUT2D eigenvalue weighted by molar-refractivity contribution is 0.102. The van der Waals surface area contributed by atoms with Crippen molar-refractivity contribution in [1.29, 1.82) is 0 Å². The van der Waals surface area contributed by atoms with Gasteiger partial charge in [-0.1, -0.05) is 18.2 Å². The van der Waals surface area contributed by atoms with Gasteiger partial charge in [-0.3, -0.25) is 4.79 Å². The summed E-state index contributed by atoms with van der Waals surface area (Å²) in [4.78, 5) is 12.3. The first-order valence-electron chi connectivity index (χ1n) is 6.22. The number of rotatable bonds is 2. The molecule has 4 nitrogen and oxygen atoms in total. The van der Waals surface area contributed by atoms with E-state index in [1.807, 2.05) is 31.2 Å². The number of para-hydroxylation sites is 1. The fourth-order valence-corrected chi connectivity index (χ4v) is 2.13. The topological polar surface area (TPSA) is 62.5 Å². The molecule has 100 valence electrons. The first kappa shape index (κ1) is 12.3. The Balaban J connectivity index is 1.93. The van der Waals surface area contributed by atoms with Crippen LogP contribution >= 0.6 is 0 Å². The average molecular weight is 267 g/mol. The molecule has 2 aromatic carbocycles. The number of nitrogens with one attached hydrogen (secondary N) is 1. The molecule has 2 N–H and O–H groups in total. The van der Waals surface area contributed by atoms with Crippen molar-refractivity contribution in [2.45, 2.75) is 6.92 Å². The molecular formula is C16H13NO3. The zero-order chi connectivity index (χ0) is 14.1. The molecule has 0 radical (unpaired) electrons. The molecule has 20 heavy (non-hydrogen) atoms. The van der Waals surface area contributed by atoms with Crippen molar-refractivity contribution >= 4 is 22.6 Å². The van der Waals surface area contributed by atoms with Gasteiger partial charge < -0.3 is 14.8 Å². The number of benzene rings is 2. The van der Waals surface area contributed by atoms with Gasteiger partial charge in [-0.25, -0.2) is 0 Å². The van der Waals surface area contributed by atoms with Crippen molar-refractivity contribution in [2.75, 3.05) is 5.32 Å². The van der Waals surface area contributed by atoms with Crippen LogP contribution in [0, 0.1) is 6.92 Å². The number of amides is 1. The highest BCUT2D eigenvalue weighted by atomic mass is 16.3. The van der Waals surface area contributed by atoms with E-state index >= 15 is 0 Å². The highest BCUT2D eigenvalue weighted by molar-refractivity contribution is 6.12. The van der Waals surface area contributed by atoms with E-state index in [2.05, 4.69) is 5.32 Å². The zero-order valence-corrected chi connectivity index (χ0v) is 10.9. The summed E-state index contributed by atoms with van der Waals surface area (Å²) in [6, 6.07) is 12.2. The summed E-state index contributed by atoms with van der Waals surface area (Å²) in [5.74, 6) is -0.0574. The van der Waals surface area contributed by atoms with Gasteiger partial charge >= 0.3 is 0 Å². The summed E-state index contributed by atoms with van der Waals surface area (Å²) in [5.41, 5.74) is 2.64.